The van der Waals surface area contributed by atoms with E-state index in [4.69, 9.17) is 0 Å². The highest BCUT2D eigenvalue weighted by Crippen LogP contribution is 2.30. The molecule has 0 bridgehead atoms. The van der Waals surface area contributed by atoms with Crippen molar-refractivity contribution in [3.63, 3.8) is 0 Å². The molecule has 0 aliphatic carbocycles. The van der Waals surface area contributed by atoms with E-state index in [0.717, 1.165) is 11.3 Å². The van der Waals surface area contributed by atoms with E-state index in [-0.39, 0.29) is 11.6 Å². The number of carbonyl (C=O) groups is 2. The zero-order valence-electron chi connectivity index (χ0n) is 13.6. The van der Waals surface area contributed by atoms with Crippen LogP contribution in [0.3, 0.4) is 0 Å². The van der Waals surface area contributed by atoms with Gasteiger partial charge in [0, 0.05) is 18.4 Å². The van der Waals surface area contributed by atoms with Crippen LogP contribution in [-0.2, 0) is 4.79 Å². The van der Waals surface area contributed by atoms with Crippen LogP contribution >= 0.6 is 0 Å². The maximum atomic E-state index is 12.3. The first-order valence-corrected chi connectivity index (χ1v) is 7.57. The Hall–Kier alpha value is -3.03. The van der Waals surface area contributed by atoms with E-state index < -0.39 is 18.5 Å². The smallest absolute Gasteiger partial charge is 0.315 e. The van der Waals surface area contributed by atoms with Gasteiger partial charge < -0.3 is 15.5 Å². The molecule has 2 N–H and O–H groups in total. The average Bonchev–Trinajstić information content (AvgIpc) is 2.58. The summed E-state index contributed by atoms with van der Waals surface area (Å²) in [5.41, 5.74) is 2.28. The number of rotatable bonds is 3. The molecule has 0 saturated carbocycles. The number of amides is 2. The third-order valence-corrected chi connectivity index (χ3v) is 3.94. The molecule has 130 valence electrons. The number of pyridine rings is 1. The molecule has 0 saturated heterocycles. The second-order valence-corrected chi connectivity index (χ2v) is 5.72. The van der Waals surface area contributed by atoms with Crippen molar-refractivity contribution in [1.82, 2.24) is 10.3 Å². The molecule has 2 aromatic rings. The third kappa shape index (κ3) is 3.28. The van der Waals surface area contributed by atoms with Gasteiger partial charge in [-0.05, 0) is 36.8 Å². The molecule has 0 spiro atoms. The van der Waals surface area contributed by atoms with E-state index in [1.807, 2.05) is 18.9 Å². The molecule has 1 atom stereocenters. The van der Waals surface area contributed by atoms with Crippen molar-refractivity contribution in [1.29, 1.82) is 0 Å². The second-order valence-electron chi connectivity index (χ2n) is 5.72. The maximum Gasteiger partial charge on any atom is 0.315 e. The fourth-order valence-electron chi connectivity index (χ4n) is 2.66. The fourth-order valence-corrected chi connectivity index (χ4v) is 2.66. The molecular weight excluding hydrogens is 330 g/mol. The van der Waals surface area contributed by atoms with Crippen LogP contribution in [0.25, 0.3) is 0 Å². The monoisotopic (exact) mass is 346 g/mol. The Morgan fingerprint density at radius 2 is 1.92 bits per heavy atom. The molecule has 2 amide bonds. The van der Waals surface area contributed by atoms with Crippen LogP contribution in [0.2, 0.25) is 0 Å². The minimum Gasteiger partial charge on any atom is -0.335 e. The Morgan fingerprint density at radius 1 is 1.24 bits per heavy atom. The normalized spacial score (nSPS) is 16.4. The van der Waals surface area contributed by atoms with Gasteiger partial charge in [-0.25, -0.2) is 4.98 Å². The van der Waals surface area contributed by atoms with E-state index >= 15 is 0 Å². The van der Waals surface area contributed by atoms with E-state index in [1.165, 1.54) is 12.1 Å². The highest BCUT2D eigenvalue weighted by Gasteiger charge is 2.30. The lowest BCUT2D eigenvalue weighted by atomic mass is 10.1. The molecule has 25 heavy (non-hydrogen) atoms. The molecular formula is C17H16F2N4O2. The Bertz CT molecular complexity index is 824. The fraction of sp³-hybridized carbons (Fsp3) is 0.235. The summed E-state index contributed by atoms with van der Waals surface area (Å²) in [4.78, 5) is 29.6. The summed E-state index contributed by atoms with van der Waals surface area (Å²) >= 11 is 0. The number of aryl methyl sites for hydroxylation is 1. The molecule has 1 aliphatic heterocycles. The van der Waals surface area contributed by atoms with Crippen LogP contribution < -0.4 is 15.5 Å². The molecule has 2 heterocycles. The molecule has 0 fully saturated rings. The number of alkyl halides is 2. The van der Waals surface area contributed by atoms with E-state index in [2.05, 4.69) is 15.6 Å². The summed E-state index contributed by atoms with van der Waals surface area (Å²) in [6, 6.07) is 9.83. The first kappa shape index (κ1) is 16.8. The number of nitrogens with one attached hydrogen (secondary N) is 2. The van der Waals surface area contributed by atoms with Gasteiger partial charge in [0.25, 0.3) is 11.8 Å². The van der Waals surface area contributed by atoms with Crippen LogP contribution in [0.4, 0.5) is 20.3 Å². The van der Waals surface area contributed by atoms with Crippen LogP contribution in [0.1, 0.15) is 27.8 Å². The van der Waals surface area contributed by atoms with Crippen molar-refractivity contribution >= 4 is 23.3 Å². The van der Waals surface area contributed by atoms with Gasteiger partial charge in [-0.2, -0.15) is 8.78 Å². The predicted molar refractivity (Wildman–Crippen MR) is 88.7 cm³/mol. The van der Waals surface area contributed by atoms with Crippen LogP contribution in [0.15, 0.2) is 36.4 Å². The van der Waals surface area contributed by atoms with Gasteiger partial charge in [0.15, 0.2) is 0 Å². The minimum atomic E-state index is -3.07. The van der Waals surface area contributed by atoms with Gasteiger partial charge in [0.2, 0.25) is 0 Å². The molecule has 1 aliphatic rings. The number of hydrogen-bond acceptors (Lipinski definition) is 4. The second kappa shape index (κ2) is 6.46. The number of aromatic nitrogens is 1. The van der Waals surface area contributed by atoms with E-state index in [1.54, 1.807) is 24.3 Å². The molecule has 6 nitrogen and oxygen atoms in total. The SMILES string of the molecule is Cc1ccc2c(n1)N(C)C(c1ccc(NC(=O)C(F)F)cc1)NC2=O. The zero-order chi connectivity index (χ0) is 18.1. The number of halogens is 2. The van der Waals surface area contributed by atoms with E-state index in [9.17, 15) is 18.4 Å². The van der Waals surface area contributed by atoms with Crippen molar-refractivity contribution in [2.24, 2.45) is 0 Å². The summed E-state index contributed by atoms with van der Waals surface area (Å²) in [5, 5.41) is 4.99. The third-order valence-electron chi connectivity index (χ3n) is 3.94. The topological polar surface area (TPSA) is 74.3 Å². The molecule has 8 heteroatoms. The standard InChI is InChI=1S/C17H16F2N4O2/c1-9-3-8-12-15(20-9)23(2)14(22-16(12)24)10-4-6-11(7-5-10)21-17(25)13(18)19/h3-8,13-14H,1-2H3,(H,21,25)(H,22,24). The van der Waals surface area contributed by atoms with Crippen molar-refractivity contribution < 1.29 is 18.4 Å². The van der Waals surface area contributed by atoms with Crippen LogP contribution in [0.5, 0.6) is 0 Å². The van der Waals surface area contributed by atoms with E-state index in [0.29, 0.717) is 11.4 Å². The number of nitrogens with zero attached hydrogens (tertiary/aromatic N) is 2. The Balaban J connectivity index is 1.85. The molecule has 1 aromatic heterocycles. The van der Waals surface area contributed by atoms with Crippen molar-refractivity contribution in [3.05, 3.63) is 53.2 Å². The lowest BCUT2D eigenvalue weighted by Crippen LogP contribution is -2.45. The van der Waals surface area contributed by atoms with Crippen LogP contribution in [-0.4, -0.2) is 30.3 Å². The van der Waals surface area contributed by atoms with Crippen LogP contribution in [0, 0.1) is 6.92 Å². The zero-order valence-corrected chi connectivity index (χ0v) is 13.6. The number of benzene rings is 1. The van der Waals surface area contributed by atoms with Gasteiger partial charge in [-0.3, -0.25) is 9.59 Å². The maximum absolute atomic E-state index is 12.3. The van der Waals surface area contributed by atoms with Crippen molar-refractivity contribution in [3.8, 4) is 0 Å². The Kier molecular flexibility index (Phi) is 4.35. The lowest BCUT2D eigenvalue weighted by molar-refractivity contribution is -0.126. The number of anilines is 2. The lowest BCUT2D eigenvalue weighted by Gasteiger charge is -2.35. The van der Waals surface area contributed by atoms with Gasteiger partial charge in [0.1, 0.15) is 12.0 Å². The molecule has 1 aromatic carbocycles. The minimum absolute atomic E-state index is 0.235. The molecule has 3 rings (SSSR count). The first-order valence-electron chi connectivity index (χ1n) is 7.57. The Morgan fingerprint density at radius 3 is 2.56 bits per heavy atom. The van der Waals surface area contributed by atoms with Gasteiger partial charge >= 0.3 is 6.43 Å². The average molecular weight is 346 g/mol. The van der Waals surface area contributed by atoms with Crippen molar-refractivity contribution in [2.45, 2.75) is 19.5 Å². The highest BCUT2D eigenvalue weighted by atomic mass is 19.3. The molecule has 0 radical (unpaired) electrons. The van der Waals surface area contributed by atoms with Gasteiger partial charge in [-0.15, -0.1) is 0 Å². The summed E-state index contributed by atoms with van der Waals surface area (Å²) in [6.45, 7) is 1.84. The predicted octanol–water partition coefficient (Wildman–Crippen LogP) is 2.47. The van der Waals surface area contributed by atoms with Gasteiger partial charge in [0.05, 0.1) is 5.56 Å². The first-order chi connectivity index (χ1) is 11.9. The molecule has 1 unspecified atom stereocenters. The number of carbonyl (C=O) groups excluding carboxylic acids is 2. The highest BCUT2D eigenvalue weighted by molar-refractivity contribution is 6.01. The van der Waals surface area contributed by atoms with Gasteiger partial charge in [-0.1, -0.05) is 12.1 Å². The summed E-state index contributed by atoms with van der Waals surface area (Å²) in [6.07, 6.45) is -3.52. The summed E-state index contributed by atoms with van der Waals surface area (Å²) < 4.78 is 24.6. The van der Waals surface area contributed by atoms with Crippen molar-refractivity contribution in [2.75, 3.05) is 17.3 Å². The summed E-state index contributed by atoms with van der Waals surface area (Å²) in [7, 11) is 1.81. The number of hydrogen-bond donors (Lipinski definition) is 2. The summed E-state index contributed by atoms with van der Waals surface area (Å²) in [5.74, 6) is -1.02. The number of fused-ring (bicyclic) bond motifs is 1. The largest absolute Gasteiger partial charge is 0.335 e. The Labute approximate surface area is 142 Å². The quantitative estimate of drug-likeness (QED) is 0.895.